The second kappa shape index (κ2) is 8.64. The van der Waals surface area contributed by atoms with Gasteiger partial charge in [0.2, 0.25) is 5.91 Å². The Balaban J connectivity index is 1.88. The average Bonchev–Trinajstić information content (AvgIpc) is 2.86. The Bertz CT molecular complexity index is 965. The van der Waals surface area contributed by atoms with Gasteiger partial charge in [0.15, 0.2) is 0 Å². The van der Waals surface area contributed by atoms with E-state index in [1.807, 2.05) is 55.1 Å². The van der Waals surface area contributed by atoms with Crippen molar-refractivity contribution in [3.05, 3.63) is 69.1 Å². The Morgan fingerprint density at radius 2 is 1.83 bits per heavy atom. The van der Waals surface area contributed by atoms with Gasteiger partial charge in [0.05, 0.1) is 0 Å². The molecule has 1 fully saturated rings. The van der Waals surface area contributed by atoms with Crippen LogP contribution in [-0.2, 0) is 18.4 Å². The molecule has 0 unspecified atom stereocenters. The van der Waals surface area contributed by atoms with E-state index >= 15 is 0 Å². The van der Waals surface area contributed by atoms with Crippen LogP contribution >= 0.6 is 0 Å². The van der Waals surface area contributed by atoms with Gasteiger partial charge in [-0.3, -0.25) is 14.4 Å². The third kappa shape index (κ3) is 4.26. The quantitative estimate of drug-likeness (QED) is 0.800. The molecule has 0 bridgehead atoms. The van der Waals surface area contributed by atoms with Crippen LogP contribution in [0.1, 0.15) is 46.9 Å². The standard InChI is InChI=1S/C23H29N3O3/c1-5-19-15-25(23(29)21-16(2)13-17(3)24(4)22(21)28)12-11-20(27)26(19)14-18-9-7-6-8-10-18/h6-10,13,19H,5,11-12,14-15H2,1-4H3/t19-/m1/s1. The van der Waals surface area contributed by atoms with Gasteiger partial charge in [-0.2, -0.15) is 0 Å². The van der Waals surface area contributed by atoms with Crippen LogP contribution in [0.3, 0.4) is 0 Å². The first-order valence-corrected chi connectivity index (χ1v) is 10.1. The van der Waals surface area contributed by atoms with Crippen molar-refractivity contribution in [2.45, 2.75) is 46.2 Å². The molecule has 2 heterocycles. The van der Waals surface area contributed by atoms with Crippen LogP contribution in [0.4, 0.5) is 0 Å². The fourth-order valence-corrected chi connectivity index (χ4v) is 3.95. The second-order valence-electron chi connectivity index (χ2n) is 7.78. The molecule has 3 rings (SSSR count). The van der Waals surface area contributed by atoms with Gasteiger partial charge in [-0.1, -0.05) is 37.3 Å². The Labute approximate surface area is 171 Å². The molecular weight excluding hydrogens is 366 g/mol. The van der Waals surface area contributed by atoms with Crippen LogP contribution in [0.25, 0.3) is 0 Å². The molecule has 29 heavy (non-hydrogen) atoms. The van der Waals surface area contributed by atoms with Gasteiger partial charge >= 0.3 is 0 Å². The first-order chi connectivity index (χ1) is 13.8. The molecule has 0 aliphatic carbocycles. The predicted molar refractivity (Wildman–Crippen MR) is 113 cm³/mol. The highest BCUT2D eigenvalue weighted by Gasteiger charge is 2.32. The summed E-state index contributed by atoms with van der Waals surface area (Å²) in [4.78, 5) is 42.4. The Morgan fingerprint density at radius 1 is 1.14 bits per heavy atom. The van der Waals surface area contributed by atoms with Crippen molar-refractivity contribution >= 4 is 11.8 Å². The molecule has 6 heteroatoms. The van der Waals surface area contributed by atoms with Gasteiger partial charge in [-0.15, -0.1) is 0 Å². The van der Waals surface area contributed by atoms with E-state index in [1.54, 1.807) is 18.9 Å². The lowest BCUT2D eigenvalue weighted by Gasteiger charge is -2.31. The van der Waals surface area contributed by atoms with Gasteiger partial charge in [0.1, 0.15) is 5.56 Å². The number of hydrogen-bond donors (Lipinski definition) is 0. The maximum absolute atomic E-state index is 13.3. The maximum Gasteiger partial charge on any atom is 0.263 e. The monoisotopic (exact) mass is 395 g/mol. The third-order valence-electron chi connectivity index (χ3n) is 5.82. The van der Waals surface area contributed by atoms with Gasteiger partial charge in [-0.05, 0) is 37.5 Å². The normalized spacial score (nSPS) is 17.4. The van der Waals surface area contributed by atoms with Crippen molar-refractivity contribution in [1.82, 2.24) is 14.4 Å². The predicted octanol–water partition coefficient (Wildman–Crippen LogP) is 2.66. The smallest absolute Gasteiger partial charge is 0.263 e. The van der Waals surface area contributed by atoms with Crippen LogP contribution in [0.2, 0.25) is 0 Å². The summed E-state index contributed by atoms with van der Waals surface area (Å²) < 4.78 is 1.50. The lowest BCUT2D eigenvalue weighted by atomic mass is 10.1. The zero-order chi connectivity index (χ0) is 21.1. The molecule has 1 aromatic carbocycles. The summed E-state index contributed by atoms with van der Waals surface area (Å²) >= 11 is 0. The number of pyridine rings is 1. The molecule has 1 saturated heterocycles. The van der Waals surface area contributed by atoms with Gasteiger partial charge in [-0.25, -0.2) is 0 Å². The lowest BCUT2D eigenvalue weighted by molar-refractivity contribution is -0.133. The highest BCUT2D eigenvalue weighted by atomic mass is 16.2. The van der Waals surface area contributed by atoms with E-state index in [4.69, 9.17) is 0 Å². The number of aromatic nitrogens is 1. The van der Waals surface area contributed by atoms with E-state index in [1.165, 1.54) is 4.57 Å². The molecule has 0 saturated carbocycles. The zero-order valence-corrected chi connectivity index (χ0v) is 17.6. The molecule has 2 aromatic rings. The molecule has 1 aliphatic rings. The summed E-state index contributed by atoms with van der Waals surface area (Å²) in [5.74, 6) is -0.236. The molecule has 0 spiro atoms. The molecule has 154 valence electrons. The van der Waals surface area contributed by atoms with Crippen molar-refractivity contribution in [2.24, 2.45) is 7.05 Å². The molecule has 2 amide bonds. The van der Waals surface area contributed by atoms with Gasteiger partial charge in [0, 0.05) is 44.8 Å². The van der Waals surface area contributed by atoms with E-state index in [2.05, 4.69) is 0 Å². The van der Waals surface area contributed by atoms with Gasteiger partial charge < -0.3 is 14.4 Å². The van der Waals surface area contributed by atoms with Crippen LogP contribution < -0.4 is 5.56 Å². The third-order valence-corrected chi connectivity index (χ3v) is 5.82. The van der Waals surface area contributed by atoms with Crippen molar-refractivity contribution in [3.63, 3.8) is 0 Å². The maximum atomic E-state index is 13.3. The average molecular weight is 396 g/mol. The SMILES string of the molecule is CC[C@@H]1CN(C(=O)c2c(C)cc(C)n(C)c2=O)CCC(=O)N1Cc1ccccc1. The summed E-state index contributed by atoms with van der Waals surface area (Å²) in [5, 5.41) is 0. The van der Waals surface area contributed by atoms with Crippen LogP contribution in [0, 0.1) is 13.8 Å². The highest BCUT2D eigenvalue weighted by molar-refractivity contribution is 5.95. The minimum atomic E-state index is -0.282. The van der Waals surface area contributed by atoms with Crippen LogP contribution in [0.15, 0.2) is 41.2 Å². The van der Waals surface area contributed by atoms with Crippen LogP contribution in [-0.4, -0.2) is 45.3 Å². The first-order valence-electron chi connectivity index (χ1n) is 10.1. The van der Waals surface area contributed by atoms with Crippen molar-refractivity contribution in [3.8, 4) is 0 Å². The number of amides is 2. The van der Waals surface area contributed by atoms with Crippen molar-refractivity contribution in [2.75, 3.05) is 13.1 Å². The van der Waals surface area contributed by atoms with Crippen molar-refractivity contribution in [1.29, 1.82) is 0 Å². The van der Waals surface area contributed by atoms with E-state index < -0.39 is 0 Å². The fourth-order valence-electron chi connectivity index (χ4n) is 3.95. The molecule has 1 aliphatic heterocycles. The summed E-state index contributed by atoms with van der Waals surface area (Å²) in [5.41, 5.74) is 2.49. The fraction of sp³-hybridized carbons (Fsp3) is 0.435. The van der Waals surface area contributed by atoms with E-state index in [9.17, 15) is 14.4 Å². The molecule has 0 N–H and O–H groups in total. The Morgan fingerprint density at radius 3 is 2.48 bits per heavy atom. The highest BCUT2D eigenvalue weighted by Crippen LogP contribution is 2.19. The molecule has 1 atom stereocenters. The summed E-state index contributed by atoms with van der Waals surface area (Å²) in [7, 11) is 1.68. The Kier molecular flexibility index (Phi) is 6.20. The largest absolute Gasteiger partial charge is 0.336 e. The number of benzene rings is 1. The zero-order valence-electron chi connectivity index (χ0n) is 17.6. The topological polar surface area (TPSA) is 62.6 Å². The number of nitrogens with zero attached hydrogens (tertiary/aromatic N) is 3. The van der Waals surface area contributed by atoms with Crippen LogP contribution in [0.5, 0.6) is 0 Å². The summed E-state index contributed by atoms with van der Waals surface area (Å²) in [6, 6.07) is 11.7. The number of aryl methyl sites for hydroxylation is 2. The second-order valence-corrected chi connectivity index (χ2v) is 7.78. The summed E-state index contributed by atoms with van der Waals surface area (Å²) in [6.45, 7) is 6.97. The molecule has 0 radical (unpaired) electrons. The Hall–Kier alpha value is -2.89. The van der Waals surface area contributed by atoms with Gasteiger partial charge in [0.25, 0.3) is 11.5 Å². The number of carbonyl (C=O) groups excluding carboxylic acids is 2. The van der Waals surface area contributed by atoms with E-state index in [-0.39, 0.29) is 35.4 Å². The minimum Gasteiger partial charge on any atom is -0.336 e. The van der Waals surface area contributed by atoms with E-state index in [0.717, 1.165) is 17.7 Å². The lowest BCUT2D eigenvalue weighted by Crippen LogP contribution is -2.45. The van der Waals surface area contributed by atoms with Crippen molar-refractivity contribution < 1.29 is 9.59 Å². The minimum absolute atomic E-state index is 0.0459. The first kappa shape index (κ1) is 20.8. The number of carbonyl (C=O) groups is 2. The number of rotatable bonds is 4. The number of hydrogen-bond acceptors (Lipinski definition) is 3. The molecule has 1 aromatic heterocycles. The van der Waals surface area contributed by atoms with E-state index in [0.29, 0.717) is 25.2 Å². The molecular formula is C23H29N3O3. The molecule has 6 nitrogen and oxygen atoms in total. The summed E-state index contributed by atoms with van der Waals surface area (Å²) in [6.07, 6.45) is 1.01.